The van der Waals surface area contributed by atoms with Crippen LogP contribution in [0.4, 0.5) is 5.69 Å². The number of anilines is 1. The molecule has 1 aliphatic rings. The molecule has 1 fully saturated rings. The molecule has 0 spiro atoms. The maximum Gasteiger partial charge on any atom is 0.243 e. The van der Waals surface area contributed by atoms with Crippen LogP contribution < -0.4 is 10.5 Å². The van der Waals surface area contributed by atoms with E-state index < -0.39 is 10.0 Å². The molecule has 0 radical (unpaired) electrons. The number of benzene rings is 1. The second kappa shape index (κ2) is 5.36. The van der Waals surface area contributed by atoms with E-state index in [-0.39, 0.29) is 11.0 Å². The van der Waals surface area contributed by atoms with Crippen LogP contribution >= 0.6 is 0 Å². The summed E-state index contributed by atoms with van der Waals surface area (Å²) in [6.07, 6.45) is -0.0980. The molecule has 0 aromatic heterocycles. The van der Waals surface area contributed by atoms with E-state index in [1.165, 1.54) is 29.6 Å². The van der Waals surface area contributed by atoms with Crippen molar-refractivity contribution >= 4 is 15.7 Å². The van der Waals surface area contributed by atoms with Crippen molar-refractivity contribution < 1.29 is 17.9 Å². The highest BCUT2D eigenvalue weighted by atomic mass is 32.2. The van der Waals surface area contributed by atoms with Crippen LogP contribution in [0.25, 0.3) is 0 Å². The highest BCUT2D eigenvalue weighted by Crippen LogP contribution is 2.27. The van der Waals surface area contributed by atoms with Gasteiger partial charge in [-0.3, -0.25) is 0 Å². The van der Waals surface area contributed by atoms with Crippen molar-refractivity contribution in [2.75, 3.05) is 32.5 Å². The van der Waals surface area contributed by atoms with Gasteiger partial charge in [0, 0.05) is 19.2 Å². The third kappa shape index (κ3) is 2.83. The topological polar surface area (TPSA) is 81.9 Å². The molecule has 1 heterocycles. The predicted molar refractivity (Wildman–Crippen MR) is 71.6 cm³/mol. The molecule has 1 aromatic carbocycles. The average molecular weight is 286 g/mol. The van der Waals surface area contributed by atoms with Gasteiger partial charge in [-0.05, 0) is 19.1 Å². The number of hydrogen-bond donors (Lipinski definition) is 1. The second-order valence-electron chi connectivity index (χ2n) is 4.45. The summed E-state index contributed by atoms with van der Waals surface area (Å²) < 4.78 is 36.8. The Bertz CT molecular complexity index is 559. The molecule has 0 bridgehead atoms. The van der Waals surface area contributed by atoms with E-state index in [1.54, 1.807) is 0 Å². The highest BCUT2D eigenvalue weighted by Gasteiger charge is 2.29. The number of nitrogens with zero attached hydrogens (tertiary/aromatic N) is 1. The zero-order valence-electron chi connectivity index (χ0n) is 11.0. The van der Waals surface area contributed by atoms with Crippen molar-refractivity contribution in [3.8, 4) is 5.75 Å². The summed E-state index contributed by atoms with van der Waals surface area (Å²) in [5, 5.41) is 0. The minimum atomic E-state index is -3.53. The van der Waals surface area contributed by atoms with Gasteiger partial charge in [-0.1, -0.05) is 0 Å². The number of hydrogen-bond acceptors (Lipinski definition) is 5. The summed E-state index contributed by atoms with van der Waals surface area (Å²) in [6.45, 7) is 2.98. The first kappa shape index (κ1) is 14.1. The van der Waals surface area contributed by atoms with Crippen LogP contribution in [-0.4, -0.2) is 45.6 Å². The SMILES string of the molecule is COc1cc(S(=O)(=O)N2CCOC(C)C2)ccc1N. The van der Waals surface area contributed by atoms with Gasteiger partial charge < -0.3 is 15.2 Å². The number of morpholine rings is 1. The Kier molecular flexibility index (Phi) is 3.98. The molecule has 2 rings (SSSR count). The Morgan fingerprint density at radius 3 is 2.84 bits per heavy atom. The standard InChI is InChI=1S/C12H18N2O4S/c1-9-8-14(5-6-18-9)19(15,16)10-3-4-11(13)12(7-10)17-2/h3-4,7,9H,5-6,8,13H2,1-2H3. The predicted octanol–water partition coefficient (Wildman–Crippen LogP) is 0.687. The third-order valence-corrected chi connectivity index (χ3v) is 4.91. The van der Waals surface area contributed by atoms with Crippen LogP contribution in [0.1, 0.15) is 6.92 Å². The lowest BCUT2D eigenvalue weighted by Crippen LogP contribution is -2.44. The van der Waals surface area contributed by atoms with Gasteiger partial charge >= 0.3 is 0 Å². The zero-order valence-corrected chi connectivity index (χ0v) is 11.8. The van der Waals surface area contributed by atoms with E-state index in [9.17, 15) is 8.42 Å². The fraction of sp³-hybridized carbons (Fsp3) is 0.500. The van der Waals surface area contributed by atoms with Gasteiger partial charge in [-0.15, -0.1) is 0 Å². The molecule has 1 atom stereocenters. The van der Waals surface area contributed by atoms with E-state index in [4.69, 9.17) is 15.2 Å². The lowest BCUT2D eigenvalue weighted by Gasteiger charge is -2.30. The number of sulfonamides is 1. The number of methoxy groups -OCH3 is 1. The van der Waals surface area contributed by atoms with E-state index >= 15 is 0 Å². The maximum atomic E-state index is 12.5. The third-order valence-electron chi connectivity index (χ3n) is 3.05. The molecule has 1 unspecified atom stereocenters. The molecule has 1 aliphatic heterocycles. The van der Waals surface area contributed by atoms with Crippen LogP contribution in [-0.2, 0) is 14.8 Å². The van der Waals surface area contributed by atoms with Crippen molar-refractivity contribution in [2.24, 2.45) is 0 Å². The quantitative estimate of drug-likeness (QED) is 0.827. The molecule has 1 saturated heterocycles. The first-order valence-corrected chi connectivity index (χ1v) is 7.44. The van der Waals surface area contributed by atoms with E-state index in [2.05, 4.69) is 0 Å². The normalized spacial score (nSPS) is 21.3. The zero-order chi connectivity index (χ0) is 14.0. The maximum absolute atomic E-state index is 12.5. The molecule has 2 N–H and O–H groups in total. The number of ether oxygens (including phenoxy) is 2. The molecule has 1 aromatic rings. The fourth-order valence-electron chi connectivity index (χ4n) is 2.01. The molecule has 6 nitrogen and oxygen atoms in total. The van der Waals surface area contributed by atoms with Crippen molar-refractivity contribution in [2.45, 2.75) is 17.9 Å². The Morgan fingerprint density at radius 2 is 2.21 bits per heavy atom. The van der Waals surface area contributed by atoms with Crippen LogP contribution in [0.15, 0.2) is 23.1 Å². The minimum Gasteiger partial charge on any atom is -0.495 e. The molecule has 106 valence electrons. The summed E-state index contributed by atoms with van der Waals surface area (Å²) >= 11 is 0. The molecule has 0 amide bonds. The molecule has 0 aliphatic carbocycles. The molecular formula is C12H18N2O4S. The van der Waals surface area contributed by atoms with Crippen molar-refractivity contribution in [1.29, 1.82) is 0 Å². The van der Waals surface area contributed by atoms with Gasteiger partial charge in [0.05, 0.1) is 30.4 Å². The summed E-state index contributed by atoms with van der Waals surface area (Å²) in [5.74, 6) is 0.363. The van der Waals surface area contributed by atoms with Crippen LogP contribution in [0.3, 0.4) is 0 Å². The van der Waals surface area contributed by atoms with E-state index in [1.807, 2.05) is 6.92 Å². The van der Waals surface area contributed by atoms with Crippen molar-refractivity contribution in [1.82, 2.24) is 4.31 Å². The smallest absolute Gasteiger partial charge is 0.243 e. The summed E-state index contributed by atoms with van der Waals surface area (Å²) in [5.41, 5.74) is 6.10. The Labute approximate surface area is 113 Å². The summed E-state index contributed by atoms with van der Waals surface area (Å²) in [7, 11) is -2.07. The first-order valence-electron chi connectivity index (χ1n) is 6.00. The Morgan fingerprint density at radius 1 is 1.47 bits per heavy atom. The molecule has 0 saturated carbocycles. The minimum absolute atomic E-state index is 0.0980. The first-order chi connectivity index (χ1) is 8.95. The van der Waals surface area contributed by atoms with E-state index in [0.29, 0.717) is 31.1 Å². The molecule has 7 heteroatoms. The van der Waals surface area contributed by atoms with Gasteiger partial charge in [0.2, 0.25) is 10.0 Å². The number of rotatable bonds is 3. The lowest BCUT2D eigenvalue weighted by atomic mass is 10.3. The Hall–Kier alpha value is -1.31. The molecule has 19 heavy (non-hydrogen) atoms. The van der Waals surface area contributed by atoms with Gasteiger partial charge in [-0.25, -0.2) is 8.42 Å². The van der Waals surface area contributed by atoms with Crippen LogP contribution in [0.5, 0.6) is 5.75 Å². The van der Waals surface area contributed by atoms with Crippen LogP contribution in [0, 0.1) is 0 Å². The Balaban J connectivity index is 2.33. The second-order valence-corrected chi connectivity index (χ2v) is 6.39. The summed E-state index contributed by atoms with van der Waals surface area (Å²) in [6, 6.07) is 4.48. The van der Waals surface area contributed by atoms with Crippen molar-refractivity contribution in [3.63, 3.8) is 0 Å². The fourth-order valence-corrected chi connectivity index (χ4v) is 3.52. The molecular weight excluding hydrogens is 268 g/mol. The summed E-state index contributed by atoms with van der Waals surface area (Å²) in [4.78, 5) is 0.188. The van der Waals surface area contributed by atoms with Crippen LogP contribution in [0.2, 0.25) is 0 Å². The van der Waals surface area contributed by atoms with Crippen molar-refractivity contribution in [3.05, 3.63) is 18.2 Å². The number of nitrogen functional groups attached to an aromatic ring is 1. The number of nitrogens with two attached hydrogens (primary N) is 1. The van der Waals surface area contributed by atoms with Gasteiger partial charge in [0.15, 0.2) is 0 Å². The van der Waals surface area contributed by atoms with Gasteiger partial charge in [0.25, 0.3) is 0 Å². The van der Waals surface area contributed by atoms with E-state index in [0.717, 1.165) is 0 Å². The monoisotopic (exact) mass is 286 g/mol. The highest BCUT2D eigenvalue weighted by molar-refractivity contribution is 7.89. The van der Waals surface area contributed by atoms with Gasteiger partial charge in [-0.2, -0.15) is 4.31 Å². The average Bonchev–Trinajstić information content (AvgIpc) is 2.39. The lowest BCUT2D eigenvalue weighted by molar-refractivity contribution is 0.0102. The van der Waals surface area contributed by atoms with Gasteiger partial charge in [0.1, 0.15) is 5.75 Å². The largest absolute Gasteiger partial charge is 0.495 e.